The number of ether oxygens (including phenoxy) is 2. The number of amides is 1. The highest BCUT2D eigenvalue weighted by Crippen LogP contribution is 2.21. The van der Waals surface area contributed by atoms with E-state index in [1.54, 1.807) is 30.5 Å². The van der Waals surface area contributed by atoms with Crippen LogP contribution < -0.4 is 5.32 Å². The molecule has 0 saturated heterocycles. The van der Waals surface area contributed by atoms with Crippen LogP contribution in [-0.4, -0.2) is 98.7 Å². The predicted molar refractivity (Wildman–Crippen MR) is 228 cm³/mol. The van der Waals surface area contributed by atoms with Gasteiger partial charge in [0.25, 0.3) is 26.3 Å². The van der Waals surface area contributed by atoms with Gasteiger partial charge in [-0.15, -0.1) is 40.5 Å². The molecule has 0 aliphatic carbocycles. The third-order valence-electron chi connectivity index (χ3n) is 9.41. The Morgan fingerprint density at radius 3 is 1.92 bits per heavy atom. The SMILES string of the molecule is CCCCc1ncc(/C=C(\Cc2ccsc2)C(=O)CCCOC(=O)CCCC(CO[N+](=O)[O-])O[N+](=O)[O-])n1Cc1ccc(C(=O)NCCOC(=O)CCCC(CO[N+](=O)[O-])O[N+](=O)[O-])cc1. The number of thiophene rings is 1. The molecular formula is C40H51N7O18S. The molecule has 0 aliphatic rings. The number of ketones is 1. The molecule has 0 bridgehead atoms. The van der Waals surface area contributed by atoms with Crippen LogP contribution in [0.15, 0.2) is 52.9 Å². The van der Waals surface area contributed by atoms with Crippen LogP contribution in [0.2, 0.25) is 0 Å². The smallest absolute Gasteiger partial charge is 0.305 e. The van der Waals surface area contributed by atoms with E-state index in [1.165, 1.54) is 11.3 Å². The first-order valence-corrected chi connectivity index (χ1v) is 21.7. The van der Waals surface area contributed by atoms with Crippen molar-refractivity contribution in [1.82, 2.24) is 14.9 Å². The van der Waals surface area contributed by atoms with Crippen LogP contribution in [0.1, 0.15) is 104 Å². The van der Waals surface area contributed by atoms with Crippen LogP contribution in [0.5, 0.6) is 0 Å². The summed E-state index contributed by atoms with van der Waals surface area (Å²) in [5, 5.41) is 44.2. The number of hydrogen-bond acceptors (Lipinski definition) is 20. The number of nitrogens with zero attached hydrogens (tertiary/aromatic N) is 6. The van der Waals surface area contributed by atoms with Gasteiger partial charge >= 0.3 is 11.9 Å². The van der Waals surface area contributed by atoms with Crippen molar-refractivity contribution in [2.45, 2.75) is 103 Å². The van der Waals surface area contributed by atoms with Crippen LogP contribution in [0.3, 0.4) is 0 Å². The number of aryl methyl sites for hydroxylation is 1. The molecule has 3 rings (SSSR count). The second-order valence-corrected chi connectivity index (χ2v) is 15.2. The summed E-state index contributed by atoms with van der Waals surface area (Å²) < 4.78 is 12.4. The third-order valence-corrected chi connectivity index (χ3v) is 10.1. The Morgan fingerprint density at radius 1 is 0.773 bits per heavy atom. The minimum Gasteiger partial charge on any atom is -0.466 e. The van der Waals surface area contributed by atoms with Crippen molar-refractivity contribution in [2.24, 2.45) is 0 Å². The molecule has 0 saturated carbocycles. The monoisotopic (exact) mass is 949 g/mol. The third kappa shape index (κ3) is 21.4. The molecule has 0 spiro atoms. The molecule has 26 heteroatoms. The Kier molecular flexibility index (Phi) is 23.5. The van der Waals surface area contributed by atoms with E-state index in [2.05, 4.69) is 36.6 Å². The summed E-state index contributed by atoms with van der Waals surface area (Å²) in [6, 6.07) is 8.81. The van der Waals surface area contributed by atoms with Gasteiger partial charge < -0.3 is 38.7 Å². The topological polar surface area (TPSA) is 326 Å². The van der Waals surface area contributed by atoms with Gasteiger partial charge in [0.2, 0.25) is 0 Å². The zero-order valence-electron chi connectivity index (χ0n) is 36.0. The number of esters is 2. The van der Waals surface area contributed by atoms with E-state index in [1.807, 2.05) is 27.5 Å². The van der Waals surface area contributed by atoms with Gasteiger partial charge in [-0.2, -0.15) is 11.3 Å². The Bertz CT molecular complexity index is 2100. The van der Waals surface area contributed by atoms with Crippen LogP contribution in [0.4, 0.5) is 0 Å². The molecule has 1 N–H and O–H groups in total. The Labute approximate surface area is 380 Å². The first-order valence-electron chi connectivity index (χ1n) is 20.8. The molecule has 3 aromatic rings. The highest BCUT2D eigenvalue weighted by Gasteiger charge is 2.20. The van der Waals surface area contributed by atoms with Crippen molar-refractivity contribution in [2.75, 3.05) is 33.0 Å². The Balaban J connectivity index is 1.57. The summed E-state index contributed by atoms with van der Waals surface area (Å²) in [7, 11) is 0. The summed E-state index contributed by atoms with van der Waals surface area (Å²) >= 11 is 1.50. The Hall–Kier alpha value is -7.25. The average molecular weight is 950 g/mol. The molecule has 25 nitrogen and oxygen atoms in total. The number of aromatic nitrogens is 2. The number of imidazole rings is 1. The van der Waals surface area contributed by atoms with E-state index < -0.39 is 63.6 Å². The van der Waals surface area contributed by atoms with E-state index in [4.69, 9.17) is 9.47 Å². The number of carbonyl (C=O) groups is 4. The summed E-state index contributed by atoms with van der Waals surface area (Å²) in [6.45, 7) is 0.886. The molecule has 66 heavy (non-hydrogen) atoms. The zero-order chi connectivity index (χ0) is 48.3. The van der Waals surface area contributed by atoms with Crippen molar-refractivity contribution in [3.8, 4) is 0 Å². The highest BCUT2D eigenvalue weighted by atomic mass is 32.1. The van der Waals surface area contributed by atoms with Crippen molar-refractivity contribution >= 4 is 41.0 Å². The van der Waals surface area contributed by atoms with Crippen molar-refractivity contribution in [3.63, 3.8) is 0 Å². The minimum absolute atomic E-state index is 0.00161. The van der Waals surface area contributed by atoms with E-state index in [0.29, 0.717) is 36.2 Å². The molecule has 2 unspecified atom stereocenters. The second kappa shape index (κ2) is 29.2. The van der Waals surface area contributed by atoms with E-state index in [9.17, 15) is 59.6 Å². The first kappa shape index (κ1) is 53.1. The number of unbranched alkanes of at least 4 members (excludes halogenated alkanes) is 1. The minimum atomic E-state index is -1.24. The van der Waals surface area contributed by atoms with Crippen molar-refractivity contribution in [1.29, 1.82) is 0 Å². The summed E-state index contributed by atoms with van der Waals surface area (Å²) in [5.41, 5.74) is 3.35. The molecule has 2 heterocycles. The van der Waals surface area contributed by atoms with Crippen LogP contribution in [0, 0.1) is 40.5 Å². The van der Waals surface area contributed by atoms with Gasteiger partial charge in [-0.25, -0.2) is 4.98 Å². The van der Waals surface area contributed by atoms with Gasteiger partial charge in [0.15, 0.2) is 5.78 Å². The maximum atomic E-state index is 13.7. The van der Waals surface area contributed by atoms with Gasteiger partial charge in [0.1, 0.15) is 37.9 Å². The second-order valence-electron chi connectivity index (χ2n) is 14.4. The van der Waals surface area contributed by atoms with E-state index >= 15 is 0 Å². The summed E-state index contributed by atoms with van der Waals surface area (Å²) in [5.74, 6) is -1.02. The summed E-state index contributed by atoms with van der Waals surface area (Å²) in [4.78, 5) is 115. The lowest BCUT2D eigenvalue weighted by Gasteiger charge is -2.13. The first-order chi connectivity index (χ1) is 31.6. The number of allylic oxidation sites excluding steroid dienone is 1. The molecule has 1 aromatic carbocycles. The number of hydrogen-bond donors (Lipinski definition) is 1. The Morgan fingerprint density at radius 2 is 1.38 bits per heavy atom. The maximum absolute atomic E-state index is 13.7. The molecular weight excluding hydrogens is 899 g/mol. The fraction of sp³-hybridized carbons (Fsp3) is 0.525. The molecule has 0 aliphatic heterocycles. The number of Topliss-reactive ketones (excluding diaryl/α,β-unsaturated/α-hetero) is 1. The zero-order valence-corrected chi connectivity index (χ0v) is 36.8. The summed E-state index contributed by atoms with van der Waals surface area (Å²) in [6.07, 6.45) is 3.87. The number of nitrogens with one attached hydrogen (secondary N) is 1. The number of carbonyl (C=O) groups excluding carboxylic acids is 4. The number of benzene rings is 1. The lowest BCUT2D eigenvalue weighted by Crippen LogP contribution is -2.28. The predicted octanol–water partition coefficient (Wildman–Crippen LogP) is 5.04. The average Bonchev–Trinajstić information content (AvgIpc) is 3.93. The lowest BCUT2D eigenvalue weighted by molar-refractivity contribution is -0.790. The fourth-order valence-electron chi connectivity index (χ4n) is 6.19. The lowest BCUT2D eigenvalue weighted by atomic mass is 9.99. The van der Waals surface area contributed by atoms with Gasteiger partial charge in [-0.3, -0.25) is 19.2 Å². The van der Waals surface area contributed by atoms with Crippen molar-refractivity contribution in [3.05, 3.63) is 122 Å². The molecule has 2 atom stereocenters. The molecule has 360 valence electrons. The molecule has 1 amide bonds. The van der Waals surface area contributed by atoms with Crippen LogP contribution in [-0.2, 0) is 62.6 Å². The van der Waals surface area contributed by atoms with Gasteiger partial charge in [0, 0.05) is 49.8 Å². The van der Waals surface area contributed by atoms with Crippen molar-refractivity contribution < 1.29 is 68.3 Å². The highest BCUT2D eigenvalue weighted by molar-refractivity contribution is 7.07. The van der Waals surface area contributed by atoms with Gasteiger partial charge in [0.05, 0.1) is 25.0 Å². The van der Waals surface area contributed by atoms with Gasteiger partial charge in [-0.1, -0.05) is 25.5 Å². The van der Waals surface area contributed by atoms with Crippen LogP contribution >= 0.6 is 11.3 Å². The molecule has 2 aromatic heterocycles. The quantitative estimate of drug-likeness (QED) is 0.0265. The fourth-order valence-corrected chi connectivity index (χ4v) is 6.86. The van der Waals surface area contributed by atoms with Crippen LogP contribution in [0.25, 0.3) is 6.08 Å². The van der Waals surface area contributed by atoms with E-state index in [0.717, 1.165) is 29.8 Å². The van der Waals surface area contributed by atoms with E-state index in [-0.39, 0.29) is 76.9 Å². The maximum Gasteiger partial charge on any atom is 0.305 e. The molecule has 0 radical (unpaired) electrons. The normalized spacial score (nSPS) is 12.0. The largest absolute Gasteiger partial charge is 0.466 e. The molecule has 0 fully saturated rings. The number of rotatable bonds is 35. The van der Waals surface area contributed by atoms with Gasteiger partial charge in [-0.05, 0) is 84.7 Å². The standard InChI is InChI=1S/C40H51N7O18S/c1-2-3-10-37-42-24-33(23-32(22-30-17-21-66-28-30)36(48)9-6-19-60-38(49)11-4-7-34(64-46(56)57)26-62-44(52)53)43(37)25-29-13-15-31(16-14-29)40(51)41-18-20-61-39(50)12-5-8-35(65-47(58)59)27-63-45(54)55/h13-17,21,23-24,28,34-35H,2-12,18-20,22,25-27H2,1H3,(H,41,51)/b32-23+.